The van der Waals surface area contributed by atoms with Gasteiger partial charge in [-0.15, -0.1) is 0 Å². The molecule has 4 heterocycles. The van der Waals surface area contributed by atoms with E-state index in [0.717, 1.165) is 67.1 Å². The zero-order valence-electron chi connectivity index (χ0n) is 22.9. The molecule has 0 radical (unpaired) electrons. The van der Waals surface area contributed by atoms with Crippen LogP contribution in [0.25, 0.3) is 78.6 Å². The largest absolute Gasteiger partial charge is 0.436 e. The lowest BCUT2D eigenvalue weighted by molar-refractivity contribution is 0.656. The van der Waals surface area contributed by atoms with Crippen LogP contribution in [0.4, 0.5) is 0 Å². The highest BCUT2D eigenvalue weighted by molar-refractivity contribution is 6.06. The van der Waals surface area contributed by atoms with E-state index in [4.69, 9.17) is 19.4 Å². The monoisotopic (exact) mass is 553 g/mol. The average molecular weight is 554 g/mol. The third kappa shape index (κ3) is 3.70. The van der Waals surface area contributed by atoms with Crippen molar-refractivity contribution in [3.05, 3.63) is 140 Å². The predicted molar refractivity (Wildman–Crippen MR) is 171 cm³/mol. The maximum absolute atomic E-state index is 6.18. The lowest BCUT2D eigenvalue weighted by Gasteiger charge is -2.10. The summed E-state index contributed by atoms with van der Waals surface area (Å²) in [5, 5.41) is 1.04. The van der Waals surface area contributed by atoms with Gasteiger partial charge in [0.1, 0.15) is 11.1 Å². The summed E-state index contributed by atoms with van der Waals surface area (Å²) in [6.45, 7) is 0. The number of hydrogen-bond acceptors (Lipinski definition) is 4. The van der Waals surface area contributed by atoms with Gasteiger partial charge < -0.3 is 4.42 Å². The molecule has 6 heteroatoms. The van der Waals surface area contributed by atoms with Gasteiger partial charge in [0.15, 0.2) is 5.82 Å². The summed E-state index contributed by atoms with van der Waals surface area (Å²) in [6, 6.07) is 47.4. The van der Waals surface area contributed by atoms with Crippen molar-refractivity contribution in [1.82, 2.24) is 23.9 Å². The Morgan fingerprint density at radius 1 is 0.512 bits per heavy atom. The molecule has 0 saturated carbocycles. The van der Waals surface area contributed by atoms with Crippen molar-refractivity contribution in [2.75, 3.05) is 0 Å². The SMILES string of the molecule is c1ccc(-c2cc(-c3ccc4c(c3)n(-c3ccccc3)c3nc5oc6ccccc6c5n43)nc(-c3ccccc3)n2)cc1. The van der Waals surface area contributed by atoms with Crippen LogP contribution >= 0.6 is 0 Å². The Balaban J connectivity index is 1.33. The first-order valence-corrected chi connectivity index (χ1v) is 14.2. The lowest BCUT2D eigenvalue weighted by Crippen LogP contribution is -1.97. The molecule has 202 valence electrons. The second kappa shape index (κ2) is 9.26. The van der Waals surface area contributed by atoms with Crippen LogP contribution in [0, 0.1) is 0 Å². The molecule has 0 N–H and O–H groups in total. The molecule has 0 amide bonds. The van der Waals surface area contributed by atoms with Crippen LogP contribution in [0.1, 0.15) is 0 Å². The normalized spacial score (nSPS) is 11.7. The molecule has 0 aliphatic heterocycles. The van der Waals surface area contributed by atoms with E-state index in [0.29, 0.717) is 11.5 Å². The van der Waals surface area contributed by atoms with E-state index < -0.39 is 0 Å². The summed E-state index contributed by atoms with van der Waals surface area (Å²) < 4.78 is 10.6. The van der Waals surface area contributed by atoms with E-state index in [1.165, 1.54) is 0 Å². The molecule has 6 nitrogen and oxygen atoms in total. The summed E-state index contributed by atoms with van der Waals surface area (Å²) in [4.78, 5) is 15.1. The van der Waals surface area contributed by atoms with Crippen molar-refractivity contribution in [2.45, 2.75) is 0 Å². The van der Waals surface area contributed by atoms with Crippen molar-refractivity contribution in [1.29, 1.82) is 0 Å². The molecule has 0 spiro atoms. The van der Waals surface area contributed by atoms with Gasteiger partial charge in [-0.2, -0.15) is 4.98 Å². The Morgan fingerprint density at radius 3 is 1.93 bits per heavy atom. The second-order valence-electron chi connectivity index (χ2n) is 10.6. The van der Waals surface area contributed by atoms with Gasteiger partial charge in [-0.25, -0.2) is 9.97 Å². The van der Waals surface area contributed by atoms with Gasteiger partial charge in [-0.1, -0.05) is 97.1 Å². The smallest absolute Gasteiger partial charge is 0.248 e. The quantitative estimate of drug-likeness (QED) is 0.218. The highest BCUT2D eigenvalue weighted by Crippen LogP contribution is 2.36. The number of rotatable bonds is 4. The number of imidazole rings is 2. The number of benzene rings is 5. The third-order valence-electron chi connectivity index (χ3n) is 7.97. The van der Waals surface area contributed by atoms with E-state index in [-0.39, 0.29) is 0 Å². The van der Waals surface area contributed by atoms with Crippen molar-refractivity contribution in [2.24, 2.45) is 0 Å². The molecule has 43 heavy (non-hydrogen) atoms. The highest BCUT2D eigenvalue weighted by atomic mass is 16.3. The minimum atomic E-state index is 0.627. The molecule has 0 atom stereocenters. The number of nitrogens with zero attached hydrogens (tertiary/aromatic N) is 5. The first-order chi connectivity index (χ1) is 21.3. The van der Waals surface area contributed by atoms with Crippen LogP contribution in [0.3, 0.4) is 0 Å². The summed E-state index contributed by atoms with van der Waals surface area (Å²) in [6.07, 6.45) is 0. The molecule has 0 aliphatic carbocycles. The number of aromatic nitrogens is 5. The summed E-state index contributed by atoms with van der Waals surface area (Å²) >= 11 is 0. The van der Waals surface area contributed by atoms with Crippen LogP contribution < -0.4 is 0 Å². The van der Waals surface area contributed by atoms with E-state index >= 15 is 0 Å². The van der Waals surface area contributed by atoms with Gasteiger partial charge in [0.2, 0.25) is 11.5 Å². The number of furan rings is 1. The first kappa shape index (κ1) is 23.7. The number of hydrogen-bond donors (Lipinski definition) is 0. The van der Waals surface area contributed by atoms with Gasteiger partial charge in [0.05, 0.1) is 22.4 Å². The Hall–Kier alpha value is -6.01. The molecule has 0 saturated heterocycles. The van der Waals surface area contributed by atoms with Gasteiger partial charge in [0, 0.05) is 27.8 Å². The van der Waals surface area contributed by atoms with Crippen LogP contribution in [0.5, 0.6) is 0 Å². The Morgan fingerprint density at radius 2 is 1.16 bits per heavy atom. The van der Waals surface area contributed by atoms with E-state index in [2.05, 4.69) is 63.6 Å². The molecule has 0 bridgehead atoms. The molecule has 9 aromatic rings. The average Bonchev–Trinajstić information content (AvgIpc) is 3.72. The van der Waals surface area contributed by atoms with Crippen LogP contribution in [0.2, 0.25) is 0 Å². The Labute approximate surface area is 246 Å². The minimum Gasteiger partial charge on any atom is -0.436 e. The van der Waals surface area contributed by atoms with Crippen LogP contribution in [-0.2, 0) is 0 Å². The van der Waals surface area contributed by atoms with Crippen LogP contribution in [0.15, 0.2) is 144 Å². The van der Waals surface area contributed by atoms with Gasteiger partial charge >= 0.3 is 0 Å². The second-order valence-corrected chi connectivity index (χ2v) is 10.6. The Bertz CT molecular complexity index is 2380. The summed E-state index contributed by atoms with van der Waals surface area (Å²) in [7, 11) is 0. The van der Waals surface area contributed by atoms with Gasteiger partial charge in [-0.05, 0) is 42.5 Å². The molecule has 9 rings (SSSR count). The number of fused-ring (bicyclic) bond motifs is 7. The zero-order valence-corrected chi connectivity index (χ0v) is 22.9. The standard InChI is InChI=1S/C37H23N5O/c1-4-12-24(13-5-1)29-23-30(39-35(38-29)25-14-6-2-7-15-25)26-20-21-31-32(22-26)41(27-16-8-3-9-17-27)37-40-36-34(42(31)37)28-18-10-11-19-33(28)43-36/h1-23H. The van der Waals surface area contributed by atoms with E-state index in [1.807, 2.05) is 84.9 Å². The zero-order chi connectivity index (χ0) is 28.3. The third-order valence-corrected chi connectivity index (χ3v) is 7.97. The van der Waals surface area contributed by atoms with Crippen molar-refractivity contribution in [3.63, 3.8) is 0 Å². The molecular weight excluding hydrogens is 530 g/mol. The maximum atomic E-state index is 6.18. The van der Waals surface area contributed by atoms with Crippen molar-refractivity contribution < 1.29 is 4.42 Å². The fourth-order valence-corrected chi connectivity index (χ4v) is 5.99. The van der Waals surface area contributed by atoms with Gasteiger partial charge in [-0.3, -0.25) is 8.97 Å². The minimum absolute atomic E-state index is 0.627. The summed E-state index contributed by atoms with van der Waals surface area (Å²) in [5.41, 5.74) is 10.3. The summed E-state index contributed by atoms with van der Waals surface area (Å²) in [5.74, 6) is 1.49. The predicted octanol–water partition coefficient (Wildman–Crippen LogP) is 8.97. The molecule has 0 unspecified atom stereocenters. The maximum Gasteiger partial charge on any atom is 0.248 e. The van der Waals surface area contributed by atoms with Crippen LogP contribution in [-0.4, -0.2) is 23.9 Å². The van der Waals surface area contributed by atoms with Crippen molar-refractivity contribution in [3.8, 4) is 39.6 Å². The molecular formula is C37H23N5O. The fourth-order valence-electron chi connectivity index (χ4n) is 5.99. The first-order valence-electron chi connectivity index (χ1n) is 14.2. The molecule has 0 fully saturated rings. The van der Waals surface area contributed by atoms with E-state index in [9.17, 15) is 0 Å². The topological polar surface area (TPSA) is 61.2 Å². The lowest BCUT2D eigenvalue weighted by atomic mass is 10.1. The van der Waals surface area contributed by atoms with Crippen molar-refractivity contribution >= 4 is 39.0 Å². The van der Waals surface area contributed by atoms with E-state index in [1.54, 1.807) is 0 Å². The highest BCUT2D eigenvalue weighted by Gasteiger charge is 2.22. The molecule has 0 aliphatic rings. The molecule has 4 aromatic heterocycles. The van der Waals surface area contributed by atoms with Gasteiger partial charge in [0.25, 0.3) is 0 Å². The Kier molecular flexibility index (Phi) is 5.10. The molecule has 5 aromatic carbocycles. The number of para-hydroxylation sites is 2. The fraction of sp³-hybridized carbons (Fsp3) is 0.